The number of sulfonamides is 1. The van der Waals surface area contributed by atoms with Gasteiger partial charge in [0.15, 0.2) is 0 Å². The molecule has 10 heteroatoms. The third-order valence-corrected chi connectivity index (χ3v) is 7.85. The molecular formula is C23H26N4O5S. The van der Waals surface area contributed by atoms with Crippen LogP contribution in [0.3, 0.4) is 0 Å². The molecule has 1 N–H and O–H groups in total. The molecule has 0 saturated carbocycles. The molecule has 1 atom stereocenters. The molecule has 9 nitrogen and oxygen atoms in total. The van der Waals surface area contributed by atoms with Gasteiger partial charge in [-0.1, -0.05) is 48.5 Å². The first kappa shape index (κ1) is 22.9. The Morgan fingerprint density at radius 3 is 2.15 bits per heavy atom. The molecule has 4 amide bonds. The Balaban J connectivity index is 1.30. The van der Waals surface area contributed by atoms with Crippen LogP contribution in [0, 0.1) is 0 Å². The zero-order valence-electron chi connectivity index (χ0n) is 18.1. The zero-order chi connectivity index (χ0) is 23.4. The summed E-state index contributed by atoms with van der Waals surface area (Å²) >= 11 is 0. The topological polar surface area (TPSA) is 107 Å². The second-order valence-corrected chi connectivity index (χ2v) is 9.99. The number of hydrogen-bond donors (Lipinski definition) is 1. The molecule has 2 aromatic rings. The van der Waals surface area contributed by atoms with E-state index in [1.165, 1.54) is 9.21 Å². The number of hydrogen-bond acceptors (Lipinski definition) is 5. The number of carbonyl (C=O) groups is 3. The van der Waals surface area contributed by atoms with Crippen LogP contribution in [0.25, 0.3) is 0 Å². The molecule has 0 spiro atoms. The highest BCUT2D eigenvalue weighted by Crippen LogP contribution is 2.18. The van der Waals surface area contributed by atoms with E-state index >= 15 is 0 Å². The number of nitrogens with one attached hydrogen (secondary N) is 1. The minimum Gasteiger partial charge on any atom is -0.338 e. The zero-order valence-corrected chi connectivity index (χ0v) is 18.9. The summed E-state index contributed by atoms with van der Waals surface area (Å²) in [6.45, 7) is 0.363. The van der Waals surface area contributed by atoms with E-state index in [-0.39, 0.29) is 43.5 Å². The van der Waals surface area contributed by atoms with Crippen molar-refractivity contribution < 1.29 is 22.8 Å². The number of imide groups is 1. The van der Waals surface area contributed by atoms with Crippen LogP contribution in [0.1, 0.15) is 12.0 Å². The van der Waals surface area contributed by atoms with Gasteiger partial charge in [0.05, 0.1) is 4.90 Å². The molecule has 174 valence electrons. The number of amides is 4. The van der Waals surface area contributed by atoms with Gasteiger partial charge in [-0.3, -0.25) is 14.5 Å². The minimum absolute atomic E-state index is 0.156. The number of carbonyl (C=O) groups excluding carboxylic acids is 3. The molecule has 0 radical (unpaired) electrons. The van der Waals surface area contributed by atoms with Gasteiger partial charge in [0.1, 0.15) is 12.6 Å². The summed E-state index contributed by atoms with van der Waals surface area (Å²) in [5.74, 6) is -0.784. The van der Waals surface area contributed by atoms with E-state index in [0.29, 0.717) is 12.8 Å². The number of piperazine rings is 1. The van der Waals surface area contributed by atoms with E-state index in [4.69, 9.17) is 0 Å². The molecular weight excluding hydrogens is 444 g/mol. The van der Waals surface area contributed by atoms with Crippen molar-refractivity contribution in [2.45, 2.75) is 23.8 Å². The average Bonchev–Trinajstić information content (AvgIpc) is 3.11. The van der Waals surface area contributed by atoms with Gasteiger partial charge in [-0.2, -0.15) is 4.31 Å². The van der Waals surface area contributed by atoms with Crippen molar-refractivity contribution >= 4 is 27.9 Å². The SMILES string of the molecule is O=C(CN1C(=O)NC(CCc2ccccc2)C1=O)N1CCN(S(=O)(=O)c2ccccc2)CC1. The van der Waals surface area contributed by atoms with E-state index in [1.807, 2.05) is 30.3 Å². The van der Waals surface area contributed by atoms with Crippen LogP contribution >= 0.6 is 0 Å². The van der Waals surface area contributed by atoms with Crippen molar-refractivity contribution in [3.63, 3.8) is 0 Å². The lowest BCUT2D eigenvalue weighted by Gasteiger charge is -2.34. The first-order valence-corrected chi connectivity index (χ1v) is 12.3. The maximum atomic E-state index is 12.7. The molecule has 2 aliphatic heterocycles. The van der Waals surface area contributed by atoms with Crippen LogP contribution in [-0.4, -0.2) is 79.1 Å². The predicted molar refractivity (Wildman–Crippen MR) is 121 cm³/mol. The van der Waals surface area contributed by atoms with Crippen LogP contribution < -0.4 is 5.32 Å². The average molecular weight is 471 g/mol. The fourth-order valence-electron chi connectivity index (χ4n) is 4.03. The summed E-state index contributed by atoms with van der Waals surface area (Å²) in [6.07, 6.45) is 1.09. The number of nitrogens with zero attached hydrogens (tertiary/aromatic N) is 3. The van der Waals surface area contributed by atoms with Crippen LogP contribution in [0.2, 0.25) is 0 Å². The molecule has 2 fully saturated rings. The molecule has 0 aliphatic carbocycles. The molecule has 2 aromatic carbocycles. The van der Waals surface area contributed by atoms with Gasteiger partial charge in [-0.15, -0.1) is 0 Å². The Morgan fingerprint density at radius 2 is 1.52 bits per heavy atom. The van der Waals surface area contributed by atoms with Gasteiger partial charge >= 0.3 is 6.03 Å². The largest absolute Gasteiger partial charge is 0.338 e. The van der Waals surface area contributed by atoms with Gasteiger partial charge in [-0.05, 0) is 30.5 Å². The van der Waals surface area contributed by atoms with Gasteiger partial charge < -0.3 is 10.2 Å². The van der Waals surface area contributed by atoms with Crippen molar-refractivity contribution in [3.05, 3.63) is 66.2 Å². The van der Waals surface area contributed by atoms with Crippen LogP contribution in [0.5, 0.6) is 0 Å². The highest BCUT2D eigenvalue weighted by Gasteiger charge is 2.40. The fourth-order valence-corrected chi connectivity index (χ4v) is 5.48. The van der Waals surface area contributed by atoms with Gasteiger partial charge in [0.2, 0.25) is 15.9 Å². The predicted octanol–water partition coefficient (Wildman–Crippen LogP) is 1.07. The first-order chi connectivity index (χ1) is 15.9. The third kappa shape index (κ3) is 5.07. The van der Waals surface area contributed by atoms with Crippen LogP contribution in [0.4, 0.5) is 4.79 Å². The molecule has 0 aromatic heterocycles. The fraction of sp³-hybridized carbons (Fsp3) is 0.348. The smallest absolute Gasteiger partial charge is 0.325 e. The lowest BCUT2D eigenvalue weighted by Crippen LogP contribution is -2.53. The molecule has 33 heavy (non-hydrogen) atoms. The first-order valence-electron chi connectivity index (χ1n) is 10.8. The Bertz CT molecular complexity index is 1120. The molecule has 2 aliphatic rings. The van der Waals surface area contributed by atoms with Crippen molar-refractivity contribution in [1.29, 1.82) is 0 Å². The van der Waals surface area contributed by atoms with Gasteiger partial charge in [-0.25, -0.2) is 13.2 Å². The molecule has 1 unspecified atom stereocenters. The van der Waals surface area contributed by atoms with Crippen molar-refractivity contribution in [2.24, 2.45) is 0 Å². The number of urea groups is 1. The summed E-state index contributed by atoms with van der Waals surface area (Å²) in [5, 5.41) is 2.66. The van der Waals surface area contributed by atoms with Crippen LogP contribution in [-0.2, 0) is 26.0 Å². The molecule has 2 saturated heterocycles. The second-order valence-electron chi connectivity index (χ2n) is 8.05. The number of rotatable bonds is 7. The Morgan fingerprint density at radius 1 is 0.909 bits per heavy atom. The summed E-state index contributed by atoms with van der Waals surface area (Å²) < 4.78 is 26.8. The summed E-state index contributed by atoms with van der Waals surface area (Å²) in [4.78, 5) is 40.4. The number of aryl methyl sites for hydroxylation is 1. The van der Waals surface area contributed by atoms with Gasteiger partial charge in [0, 0.05) is 26.2 Å². The van der Waals surface area contributed by atoms with Crippen molar-refractivity contribution in [1.82, 2.24) is 19.4 Å². The Hall–Kier alpha value is -3.24. The Labute approximate surface area is 193 Å². The van der Waals surface area contributed by atoms with E-state index < -0.39 is 28.0 Å². The lowest BCUT2D eigenvalue weighted by atomic mass is 10.1. The highest BCUT2D eigenvalue weighted by atomic mass is 32.2. The minimum atomic E-state index is -3.62. The lowest BCUT2D eigenvalue weighted by molar-refractivity contribution is -0.138. The molecule has 4 rings (SSSR count). The maximum Gasteiger partial charge on any atom is 0.325 e. The number of benzene rings is 2. The van der Waals surface area contributed by atoms with Crippen molar-refractivity contribution in [2.75, 3.05) is 32.7 Å². The maximum absolute atomic E-state index is 12.7. The normalized spacial score (nSPS) is 19.6. The third-order valence-electron chi connectivity index (χ3n) is 5.94. The summed E-state index contributed by atoms with van der Waals surface area (Å²) in [5.41, 5.74) is 1.07. The monoisotopic (exact) mass is 470 g/mol. The van der Waals surface area contributed by atoms with Crippen LogP contribution in [0.15, 0.2) is 65.6 Å². The van der Waals surface area contributed by atoms with E-state index in [2.05, 4.69) is 5.32 Å². The van der Waals surface area contributed by atoms with E-state index in [1.54, 1.807) is 30.3 Å². The summed E-state index contributed by atoms with van der Waals surface area (Å²) in [7, 11) is -3.62. The molecule has 0 bridgehead atoms. The van der Waals surface area contributed by atoms with E-state index in [0.717, 1.165) is 10.5 Å². The van der Waals surface area contributed by atoms with Gasteiger partial charge in [0.25, 0.3) is 5.91 Å². The van der Waals surface area contributed by atoms with E-state index in [9.17, 15) is 22.8 Å². The quantitative estimate of drug-likeness (QED) is 0.610. The highest BCUT2D eigenvalue weighted by molar-refractivity contribution is 7.89. The second kappa shape index (κ2) is 9.72. The molecule has 2 heterocycles. The Kier molecular flexibility index (Phi) is 6.75. The standard InChI is InChI=1S/C23H26N4O5S/c28-21(25-13-15-26(16-14-25)33(31,32)19-9-5-2-6-10-19)17-27-22(29)20(24-23(27)30)12-11-18-7-3-1-4-8-18/h1-10,20H,11-17H2,(H,24,30). The summed E-state index contributed by atoms with van der Waals surface area (Å²) in [6, 6.07) is 16.6. The van der Waals surface area contributed by atoms with Crippen molar-refractivity contribution in [3.8, 4) is 0 Å².